The van der Waals surface area contributed by atoms with Crippen molar-refractivity contribution in [3.63, 3.8) is 0 Å². The van der Waals surface area contributed by atoms with E-state index in [1.807, 2.05) is 0 Å². The van der Waals surface area contributed by atoms with Crippen molar-refractivity contribution in [3.8, 4) is 22.8 Å². The van der Waals surface area contributed by atoms with Gasteiger partial charge in [-0.2, -0.15) is 18.3 Å². The van der Waals surface area contributed by atoms with Crippen LogP contribution in [0.5, 0.6) is 11.5 Å². The topological polar surface area (TPSA) is 74.6 Å². The molecule has 0 aliphatic carbocycles. The Morgan fingerprint density at radius 1 is 1.21 bits per heavy atom. The molecule has 0 radical (unpaired) electrons. The third-order valence-corrected chi connectivity index (χ3v) is 5.11. The summed E-state index contributed by atoms with van der Waals surface area (Å²) in [5.41, 5.74) is -0.578. The standard InChI is InChI=1S/C23H21F4N3O4/c1-32-19-6-5-14(9-20(19)34-17-7-8-33-13-17)18-11-21(23(25,26)27)29-30(18)12-22(31)28-16-4-2-3-15(24)10-16/h2-6,9-11,17H,7-8,12-13H2,1H3,(H,28,31). The second-order valence-electron chi connectivity index (χ2n) is 7.60. The minimum Gasteiger partial charge on any atom is -0.493 e. The Morgan fingerprint density at radius 3 is 2.71 bits per heavy atom. The molecule has 4 rings (SSSR count). The van der Waals surface area contributed by atoms with E-state index in [-0.39, 0.29) is 17.5 Å². The molecule has 1 amide bonds. The highest BCUT2D eigenvalue weighted by molar-refractivity contribution is 5.90. The molecule has 0 bridgehead atoms. The smallest absolute Gasteiger partial charge is 0.435 e. The molecule has 11 heteroatoms. The lowest BCUT2D eigenvalue weighted by Gasteiger charge is -2.16. The number of nitrogens with one attached hydrogen (secondary N) is 1. The number of aromatic nitrogens is 2. The van der Waals surface area contributed by atoms with Crippen molar-refractivity contribution in [2.75, 3.05) is 25.6 Å². The molecule has 3 aromatic rings. The largest absolute Gasteiger partial charge is 0.493 e. The van der Waals surface area contributed by atoms with Crippen molar-refractivity contribution in [1.29, 1.82) is 0 Å². The summed E-state index contributed by atoms with van der Waals surface area (Å²) in [4.78, 5) is 12.5. The van der Waals surface area contributed by atoms with Crippen LogP contribution in [0.2, 0.25) is 0 Å². The number of amides is 1. The summed E-state index contributed by atoms with van der Waals surface area (Å²) in [7, 11) is 1.45. The normalized spacial score (nSPS) is 15.9. The van der Waals surface area contributed by atoms with Crippen LogP contribution < -0.4 is 14.8 Å². The fraction of sp³-hybridized carbons (Fsp3) is 0.304. The summed E-state index contributed by atoms with van der Waals surface area (Å²) in [5, 5.41) is 6.05. The Bertz CT molecular complexity index is 1170. The molecule has 1 aliphatic heterocycles. The fourth-order valence-electron chi connectivity index (χ4n) is 3.52. The molecule has 1 aromatic heterocycles. The second-order valence-corrected chi connectivity index (χ2v) is 7.60. The predicted octanol–water partition coefficient (Wildman–Crippen LogP) is 4.52. The van der Waals surface area contributed by atoms with Crippen LogP contribution >= 0.6 is 0 Å². The molecule has 2 aromatic carbocycles. The Balaban J connectivity index is 1.65. The van der Waals surface area contributed by atoms with E-state index < -0.39 is 30.1 Å². The highest BCUT2D eigenvalue weighted by Crippen LogP contribution is 2.36. The molecule has 1 aliphatic rings. The number of carbonyl (C=O) groups is 1. The number of benzene rings is 2. The monoisotopic (exact) mass is 479 g/mol. The first-order valence-electron chi connectivity index (χ1n) is 10.4. The van der Waals surface area contributed by atoms with Crippen LogP contribution in [-0.2, 0) is 22.3 Å². The molecule has 1 unspecified atom stereocenters. The number of halogens is 4. The SMILES string of the molecule is COc1ccc(-c2cc(C(F)(F)F)nn2CC(=O)Nc2cccc(F)c2)cc1OC1CCOC1. The van der Waals surface area contributed by atoms with Crippen LogP contribution in [0.4, 0.5) is 23.2 Å². The first kappa shape index (κ1) is 23.6. The predicted molar refractivity (Wildman–Crippen MR) is 114 cm³/mol. The zero-order chi connectivity index (χ0) is 24.3. The van der Waals surface area contributed by atoms with Gasteiger partial charge in [-0.1, -0.05) is 6.07 Å². The number of hydrogen-bond acceptors (Lipinski definition) is 5. The van der Waals surface area contributed by atoms with E-state index in [1.165, 1.54) is 31.4 Å². The zero-order valence-electron chi connectivity index (χ0n) is 18.1. The number of anilines is 1. The van der Waals surface area contributed by atoms with Crippen molar-refractivity contribution in [3.05, 3.63) is 60.0 Å². The third-order valence-electron chi connectivity index (χ3n) is 5.11. The molecule has 34 heavy (non-hydrogen) atoms. The maximum atomic E-state index is 13.4. The van der Waals surface area contributed by atoms with Crippen molar-refractivity contribution in [2.24, 2.45) is 0 Å². The molecule has 1 saturated heterocycles. The van der Waals surface area contributed by atoms with Crippen LogP contribution in [0.1, 0.15) is 12.1 Å². The molecular weight excluding hydrogens is 458 g/mol. The van der Waals surface area contributed by atoms with Crippen molar-refractivity contribution >= 4 is 11.6 Å². The average Bonchev–Trinajstić information content (AvgIpc) is 3.43. The number of alkyl halides is 3. The van der Waals surface area contributed by atoms with Gasteiger partial charge in [-0.25, -0.2) is 4.39 Å². The van der Waals surface area contributed by atoms with E-state index in [1.54, 1.807) is 12.1 Å². The fourth-order valence-corrected chi connectivity index (χ4v) is 3.52. The van der Waals surface area contributed by atoms with Gasteiger partial charge in [0.1, 0.15) is 18.5 Å². The molecule has 7 nitrogen and oxygen atoms in total. The van der Waals surface area contributed by atoms with Gasteiger partial charge in [0.25, 0.3) is 0 Å². The van der Waals surface area contributed by atoms with Crippen molar-refractivity contribution < 1.29 is 36.6 Å². The van der Waals surface area contributed by atoms with Gasteiger partial charge in [0.15, 0.2) is 17.2 Å². The molecule has 2 heterocycles. The van der Waals surface area contributed by atoms with Gasteiger partial charge in [0.2, 0.25) is 5.91 Å². The Morgan fingerprint density at radius 2 is 2.03 bits per heavy atom. The number of nitrogens with zero attached hydrogens (tertiary/aromatic N) is 2. The first-order valence-corrected chi connectivity index (χ1v) is 10.4. The maximum Gasteiger partial charge on any atom is 0.435 e. The van der Waals surface area contributed by atoms with Gasteiger partial charge in [-0.15, -0.1) is 0 Å². The molecule has 1 atom stereocenters. The molecular formula is C23H21F4N3O4. The Kier molecular flexibility index (Phi) is 6.73. The van der Waals surface area contributed by atoms with Gasteiger partial charge >= 0.3 is 6.18 Å². The van der Waals surface area contributed by atoms with Gasteiger partial charge in [-0.3, -0.25) is 9.48 Å². The van der Waals surface area contributed by atoms with E-state index in [0.717, 1.165) is 16.8 Å². The Hall–Kier alpha value is -3.60. The van der Waals surface area contributed by atoms with Gasteiger partial charge < -0.3 is 19.5 Å². The quantitative estimate of drug-likeness (QED) is 0.505. The lowest BCUT2D eigenvalue weighted by molar-refractivity contribution is -0.141. The number of methoxy groups -OCH3 is 1. The van der Waals surface area contributed by atoms with Crippen LogP contribution in [0.15, 0.2) is 48.5 Å². The highest BCUT2D eigenvalue weighted by atomic mass is 19.4. The number of ether oxygens (including phenoxy) is 3. The highest BCUT2D eigenvalue weighted by Gasteiger charge is 2.35. The van der Waals surface area contributed by atoms with E-state index in [9.17, 15) is 22.4 Å². The zero-order valence-corrected chi connectivity index (χ0v) is 18.1. The summed E-state index contributed by atoms with van der Waals surface area (Å²) in [6.45, 7) is 0.416. The second kappa shape index (κ2) is 9.72. The number of hydrogen-bond donors (Lipinski definition) is 1. The number of carbonyl (C=O) groups excluding carboxylic acids is 1. The van der Waals surface area contributed by atoms with E-state index in [0.29, 0.717) is 36.7 Å². The summed E-state index contributed by atoms with van der Waals surface area (Å²) >= 11 is 0. The van der Waals surface area contributed by atoms with Gasteiger partial charge in [0, 0.05) is 17.7 Å². The Labute approximate surface area is 192 Å². The lowest BCUT2D eigenvalue weighted by atomic mass is 10.1. The van der Waals surface area contributed by atoms with E-state index in [4.69, 9.17) is 14.2 Å². The van der Waals surface area contributed by atoms with E-state index in [2.05, 4.69) is 10.4 Å². The lowest BCUT2D eigenvalue weighted by Crippen LogP contribution is -2.21. The van der Waals surface area contributed by atoms with Crippen LogP contribution in [0.3, 0.4) is 0 Å². The average molecular weight is 479 g/mol. The minimum atomic E-state index is -4.72. The summed E-state index contributed by atoms with van der Waals surface area (Å²) < 4.78 is 71.1. The van der Waals surface area contributed by atoms with E-state index >= 15 is 0 Å². The molecule has 1 fully saturated rings. The van der Waals surface area contributed by atoms with Gasteiger partial charge in [0.05, 0.1) is 26.0 Å². The van der Waals surface area contributed by atoms with Crippen LogP contribution in [0, 0.1) is 5.82 Å². The van der Waals surface area contributed by atoms with Crippen molar-refractivity contribution in [2.45, 2.75) is 25.2 Å². The van der Waals surface area contributed by atoms with Gasteiger partial charge in [-0.05, 0) is 42.5 Å². The maximum absolute atomic E-state index is 13.4. The summed E-state index contributed by atoms with van der Waals surface area (Å²) in [6, 6.07) is 10.7. The summed E-state index contributed by atoms with van der Waals surface area (Å²) in [5.74, 6) is -0.491. The van der Waals surface area contributed by atoms with Crippen LogP contribution in [0.25, 0.3) is 11.3 Å². The molecule has 180 valence electrons. The first-order chi connectivity index (χ1) is 16.2. The number of rotatable bonds is 7. The van der Waals surface area contributed by atoms with Crippen LogP contribution in [-0.4, -0.2) is 42.1 Å². The third kappa shape index (κ3) is 5.48. The molecule has 0 saturated carbocycles. The minimum absolute atomic E-state index is 0.0527. The summed E-state index contributed by atoms with van der Waals surface area (Å²) in [6.07, 6.45) is -4.26. The molecule has 0 spiro atoms. The molecule has 1 N–H and O–H groups in total. The van der Waals surface area contributed by atoms with Crippen molar-refractivity contribution in [1.82, 2.24) is 9.78 Å².